The van der Waals surface area contributed by atoms with Crippen molar-refractivity contribution in [2.45, 2.75) is 97.5 Å². The lowest BCUT2D eigenvalue weighted by atomic mass is 9.76. The Morgan fingerprint density at radius 3 is 2.16 bits per heavy atom. The third kappa shape index (κ3) is 5.74. The van der Waals surface area contributed by atoms with Crippen LogP contribution in [-0.2, 0) is 15.6 Å². The van der Waals surface area contributed by atoms with Crippen LogP contribution in [-0.4, -0.2) is 11.3 Å². The van der Waals surface area contributed by atoms with Gasteiger partial charge in [-0.1, -0.05) is 67.0 Å². The second-order valence-electron chi connectivity index (χ2n) is 8.24. The van der Waals surface area contributed by atoms with Crippen LogP contribution in [0, 0.1) is 0 Å². The Balaban J connectivity index is 3.32. The summed E-state index contributed by atoms with van der Waals surface area (Å²) in [6, 6.07) is 6.42. The molecule has 0 N–H and O–H groups in total. The van der Waals surface area contributed by atoms with Gasteiger partial charge < -0.3 is 4.74 Å². The monoisotopic (exact) mass is 366 g/mol. The van der Waals surface area contributed by atoms with Crippen molar-refractivity contribution in [3.8, 4) is 5.75 Å². The molecule has 0 aliphatic rings. The number of ether oxygens (including phenoxy) is 1. The fraction of sp³-hybridized carbons (Fsp3) is 0.682. The van der Waals surface area contributed by atoms with E-state index in [2.05, 4.69) is 60.6 Å². The van der Waals surface area contributed by atoms with Gasteiger partial charge in [0.15, 0.2) is 6.10 Å². The zero-order valence-electron chi connectivity index (χ0n) is 17.0. The Bertz CT molecular complexity index is 575. The van der Waals surface area contributed by atoms with Gasteiger partial charge in [-0.3, -0.25) is 4.79 Å². The molecule has 0 spiro atoms. The lowest BCUT2D eigenvalue weighted by molar-refractivity contribution is -0.118. The number of carbonyl (C=O) groups excluding carboxylic acids is 1. The van der Waals surface area contributed by atoms with Crippen LogP contribution < -0.4 is 4.74 Å². The van der Waals surface area contributed by atoms with Crippen LogP contribution in [0.15, 0.2) is 18.2 Å². The fourth-order valence-electron chi connectivity index (χ4n) is 2.74. The van der Waals surface area contributed by atoms with E-state index in [0.29, 0.717) is 6.42 Å². The zero-order valence-corrected chi connectivity index (χ0v) is 17.8. The summed E-state index contributed by atoms with van der Waals surface area (Å²) in [5.41, 5.74) is 2.55. The molecular weight excluding hydrogens is 332 g/mol. The number of hydrogen-bond acceptors (Lipinski definition) is 2. The Morgan fingerprint density at radius 2 is 1.68 bits per heavy atom. The molecule has 0 saturated carbocycles. The molecule has 2 nitrogen and oxygen atoms in total. The van der Waals surface area contributed by atoms with Crippen molar-refractivity contribution in [1.29, 1.82) is 0 Å². The van der Waals surface area contributed by atoms with Gasteiger partial charge in [0.25, 0.3) is 5.24 Å². The summed E-state index contributed by atoms with van der Waals surface area (Å²) >= 11 is 5.79. The van der Waals surface area contributed by atoms with Gasteiger partial charge >= 0.3 is 0 Å². The average molecular weight is 367 g/mol. The Labute approximate surface area is 159 Å². The molecule has 1 aromatic carbocycles. The van der Waals surface area contributed by atoms with Crippen LogP contribution >= 0.6 is 11.6 Å². The summed E-state index contributed by atoms with van der Waals surface area (Å²) in [7, 11) is 0. The average Bonchev–Trinajstić information content (AvgIpc) is 2.58. The van der Waals surface area contributed by atoms with Crippen LogP contribution in [0.2, 0.25) is 0 Å². The number of unbranched alkanes of at least 4 members (excludes halogenated alkanes) is 1. The minimum atomic E-state index is -0.571. The molecule has 0 unspecified atom stereocenters. The number of hydrogen-bond donors (Lipinski definition) is 0. The van der Waals surface area contributed by atoms with E-state index in [4.69, 9.17) is 16.3 Å². The highest BCUT2D eigenvalue weighted by molar-refractivity contribution is 6.64. The van der Waals surface area contributed by atoms with E-state index < -0.39 is 11.3 Å². The van der Waals surface area contributed by atoms with Crippen molar-refractivity contribution in [2.24, 2.45) is 0 Å². The van der Waals surface area contributed by atoms with Crippen LogP contribution in [0.1, 0.15) is 91.7 Å². The minimum Gasteiger partial charge on any atom is -0.481 e. The van der Waals surface area contributed by atoms with Crippen LogP contribution in [0.3, 0.4) is 0 Å². The first-order valence-electron chi connectivity index (χ1n) is 9.60. The molecule has 0 aliphatic carbocycles. The van der Waals surface area contributed by atoms with Crippen molar-refractivity contribution in [3.63, 3.8) is 0 Å². The highest BCUT2D eigenvalue weighted by Gasteiger charge is 2.28. The van der Waals surface area contributed by atoms with Crippen molar-refractivity contribution < 1.29 is 9.53 Å². The van der Waals surface area contributed by atoms with E-state index in [9.17, 15) is 4.79 Å². The van der Waals surface area contributed by atoms with Gasteiger partial charge in [-0.2, -0.15) is 0 Å². The second-order valence-corrected chi connectivity index (χ2v) is 8.61. The maximum absolute atomic E-state index is 11.8. The lowest BCUT2D eigenvalue weighted by Gasteiger charge is -2.31. The van der Waals surface area contributed by atoms with E-state index in [1.807, 2.05) is 6.07 Å². The van der Waals surface area contributed by atoms with E-state index in [0.717, 1.165) is 37.0 Å². The summed E-state index contributed by atoms with van der Waals surface area (Å²) in [4.78, 5) is 11.8. The summed E-state index contributed by atoms with van der Waals surface area (Å²) in [5.74, 6) is 0.789. The smallest absolute Gasteiger partial charge is 0.262 e. The van der Waals surface area contributed by atoms with E-state index in [1.165, 1.54) is 5.56 Å². The highest BCUT2D eigenvalue weighted by atomic mass is 35.5. The molecule has 0 amide bonds. The van der Waals surface area contributed by atoms with Gasteiger partial charge in [0, 0.05) is 5.56 Å². The van der Waals surface area contributed by atoms with Crippen molar-refractivity contribution in [3.05, 3.63) is 29.3 Å². The van der Waals surface area contributed by atoms with E-state index in [-0.39, 0.29) is 10.8 Å². The Morgan fingerprint density at radius 1 is 1.08 bits per heavy atom. The maximum atomic E-state index is 11.8. The standard InChI is InChI=1S/C22H35ClO2/c1-8-11-12-19(20(23)24)25-18-14-13-16(21(4,5)9-2)15-17(18)22(6,7)10-3/h13-15,19H,8-12H2,1-7H3/t19-/m0/s1. The Hall–Kier alpha value is -1.02. The maximum Gasteiger partial charge on any atom is 0.262 e. The molecule has 0 radical (unpaired) electrons. The molecule has 1 aromatic rings. The molecule has 0 bridgehead atoms. The fourth-order valence-corrected chi connectivity index (χ4v) is 2.89. The predicted molar refractivity (Wildman–Crippen MR) is 108 cm³/mol. The third-order valence-corrected chi connectivity index (χ3v) is 5.84. The molecule has 1 atom stereocenters. The normalized spacial score (nSPS) is 13.6. The van der Waals surface area contributed by atoms with Crippen LogP contribution in [0.25, 0.3) is 0 Å². The predicted octanol–water partition coefficient (Wildman–Crippen LogP) is 6.76. The first-order chi connectivity index (χ1) is 11.6. The molecule has 3 heteroatoms. The van der Waals surface area contributed by atoms with Crippen molar-refractivity contribution >= 4 is 16.8 Å². The molecule has 0 aliphatic heterocycles. The number of benzene rings is 1. The molecule has 0 fully saturated rings. The van der Waals surface area contributed by atoms with Gasteiger partial charge in [-0.15, -0.1) is 0 Å². The third-order valence-electron chi connectivity index (χ3n) is 5.60. The zero-order chi connectivity index (χ0) is 19.3. The topological polar surface area (TPSA) is 26.3 Å². The summed E-state index contributed by atoms with van der Waals surface area (Å²) < 4.78 is 6.12. The summed E-state index contributed by atoms with van der Waals surface area (Å²) in [6.07, 6.45) is 4.09. The summed E-state index contributed by atoms with van der Waals surface area (Å²) in [5, 5.41) is -0.410. The highest BCUT2D eigenvalue weighted by Crippen LogP contribution is 2.39. The van der Waals surface area contributed by atoms with Crippen LogP contribution in [0.4, 0.5) is 0 Å². The van der Waals surface area contributed by atoms with Gasteiger partial charge in [0.05, 0.1) is 0 Å². The minimum absolute atomic E-state index is 0.0279. The number of carbonyl (C=O) groups is 1. The molecule has 0 heterocycles. The van der Waals surface area contributed by atoms with Gasteiger partial charge in [-0.05, 0) is 59.7 Å². The SMILES string of the molecule is CCCC[C@H](Oc1ccc(C(C)(C)CC)cc1C(C)(C)CC)C(=O)Cl. The van der Waals surface area contributed by atoms with Crippen molar-refractivity contribution in [2.75, 3.05) is 0 Å². The first-order valence-corrected chi connectivity index (χ1v) is 9.97. The molecular formula is C22H35ClO2. The van der Waals surface area contributed by atoms with E-state index >= 15 is 0 Å². The second kappa shape index (κ2) is 9.07. The molecule has 142 valence electrons. The van der Waals surface area contributed by atoms with Crippen LogP contribution in [0.5, 0.6) is 5.75 Å². The molecule has 1 rings (SSSR count). The quantitative estimate of drug-likeness (QED) is 0.427. The largest absolute Gasteiger partial charge is 0.481 e. The van der Waals surface area contributed by atoms with Gasteiger partial charge in [0.1, 0.15) is 5.75 Å². The molecule has 0 saturated heterocycles. The van der Waals surface area contributed by atoms with Gasteiger partial charge in [0.2, 0.25) is 0 Å². The first kappa shape index (κ1) is 22.0. The lowest BCUT2D eigenvalue weighted by Crippen LogP contribution is -2.27. The summed E-state index contributed by atoms with van der Waals surface area (Å²) in [6.45, 7) is 15.5. The van der Waals surface area contributed by atoms with Crippen molar-refractivity contribution in [1.82, 2.24) is 0 Å². The van der Waals surface area contributed by atoms with Gasteiger partial charge in [-0.25, -0.2) is 0 Å². The Kier molecular flexibility index (Phi) is 7.99. The molecule has 0 aromatic heterocycles. The number of rotatable bonds is 10. The molecule has 25 heavy (non-hydrogen) atoms. The number of halogens is 1. The van der Waals surface area contributed by atoms with E-state index in [1.54, 1.807) is 0 Å².